The summed E-state index contributed by atoms with van der Waals surface area (Å²) in [4.78, 5) is 15.4. The number of amides is 1. The van der Waals surface area contributed by atoms with Gasteiger partial charge in [0.2, 0.25) is 5.91 Å². The Balaban J connectivity index is 1.63. The van der Waals surface area contributed by atoms with E-state index in [4.69, 9.17) is 0 Å². The predicted octanol–water partition coefficient (Wildman–Crippen LogP) is 2.71. The van der Waals surface area contributed by atoms with E-state index in [1.807, 2.05) is 11.3 Å². The number of carbonyl (C=O) groups excluding carboxylic acids is 1. The molecule has 1 aromatic rings. The number of thiophene rings is 1. The number of fused-ring (bicyclic) bond motifs is 1. The maximum atomic E-state index is 12.7. The van der Waals surface area contributed by atoms with Crippen molar-refractivity contribution in [1.29, 1.82) is 0 Å². The van der Waals surface area contributed by atoms with Gasteiger partial charge in [0.15, 0.2) is 0 Å². The molecular formula is C16H24N2OS. The first kappa shape index (κ1) is 14.1. The van der Waals surface area contributed by atoms with Crippen LogP contribution in [0.5, 0.6) is 0 Å². The summed E-state index contributed by atoms with van der Waals surface area (Å²) in [6.45, 7) is 4.75. The van der Waals surface area contributed by atoms with Crippen molar-refractivity contribution in [2.75, 3.05) is 13.1 Å². The van der Waals surface area contributed by atoms with Crippen molar-refractivity contribution in [3.05, 3.63) is 21.9 Å². The quantitative estimate of drug-likeness (QED) is 0.896. The van der Waals surface area contributed by atoms with Gasteiger partial charge < -0.3 is 10.6 Å². The van der Waals surface area contributed by atoms with Crippen LogP contribution < -0.4 is 10.6 Å². The molecule has 1 saturated carbocycles. The first-order valence-electron chi connectivity index (χ1n) is 7.81. The molecule has 2 atom stereocenters. The largest absolute Gasteiger partial charge is 0.351 e. The van der Waals surface area contributed by atoms with Gasteiger partial charge in [-0.3, -0.25) is 4.79 Å². The van der Waals surface area contributed by atoms with Crippen molar-refractivity contribution in [1.82, 2.24) is 10.6 Å². The molecule has 1 saturated heterocycles. The van der Waals surface area contributed by atoms with Gasteiger partial charge >= 0.3 is 0 Å². The summed E-state index contributed by atoms with van der Waals surface area (Å²) in [6, 6.07) is 4.32. The Bertz CT molecular complexity index is 485. The van der Waals surface area contributed by atoms with Crippen LogP contribution in [0.4, 0.5) is 0 Å². The summed E-state index contributed by atoms with van der Waals surface area (Å²) >= 11 is 1.81. The molecule has 20 heavy (non-hydrogen) atoms. The number of hydrogen-bond donors (Lipinski definition) is 2. The molecular weight excluding hydrogens is 268 g/mol. The maximum Gasteiger partial charge on any atom is 0.228 e. The van der Waals surface area contributed by atoms with Gasteiger partial charge in [0.1, 0.15) is 0 Å². The molecule has 0 unspecified atom stereocenters. The Morgan fingerprint density at radius 3 is 3.10 bits per heavy atom. The molecule has 0 radical (unpaired) electrons. The van der Waals surface area contributed by atoms with Crippen molar-refractivity contribution in [2.24, 2.45) is 11.3 Å². The lowest BCUT2D eigenvalue weighted by atomic mass is 9.67. The maximum absolute atomic E-state index is 12.7. The lowest BCUT2D eigenvalue weighted by molar-refractivity contribution is -0.134. The lowest BCUT2D eigenvalue weighted by Crippen LogP contribution is -2.47. The van der Waals surface area contributed by atoms with E-state index in [0.717, 1.165) is 25.9 Å². The Morgan fingerprint density at radius 2 is 2.30 bits per heavy atom. The van der Waals surface area contributed by atoms with E-state index in [1.165, 1.54) is 29.0 Å². The SMILES string of the molecule is CCc1ccc(CNC(=O)[C@@]23CCCC[C@H]2CNC3)s1. The molecule has 4 heteroatoms. The molecule has 1 aliphatic heterocycles. The highest BCUT2D eigenvalue weighted by molar-refractivity contribution is 7.11. The van der Waals surface area contributed by atoms with Gasteiger partial charge in [-0.2, -0.15) is 0 Å². The van der Waals surface area contributed by atoms with E-state index in [1.54, 1.807) is 0 Å². The molecule has 0 bridgehead atoms. The summed E-state index contributed by atoms with van der Waals surface area (Å²) in [5, 5.41) is 6.64. The van der Waals surface area contributed by atoms with Crippen LogP contribution >= 0.6 is 11.3 Å². The molecule has 2 aliphatic rings. The van der Waals surface area contributed by atoms with Gasteiger partial charge in [-0.1, -0.05) is 19.8 Å². The Morgan fingerprint density at radius 1 is 1.45 bits per heavy atom. The van der Waals surface area contributed by atoms with E-state index in [2.05, 4.69) is 29.7 Å². The van der Waals surface area contributed by atoms with Crippen LogP contribution in [0, 0.1) is 11.3 Å². The highest BCUT2D eigenvalue weighted by Gasteiger charge is 2.49. The lowest BCUT2D eigenvalue weighted by Gasteiger charge is -2.37. The van der Waals surface area contributed by atoms with Crippen LogP contribution in [0.25, 0.3) is 0 Å². The zero-order valence-corrected chi connectivity index (χ0v) is 13.0. The van der Waals surface area contributed by atoms with E-state index in [-0.39, 0.29) is 11.3 Å². The third-order valence-corrected chi connectivity index (χ3v) is 6.21. The predicted molar refractivity (Wildman–Crippen MR) is 82.8 cm³/mol. The topological polar surface area (TPSA) is 41.1 Å². The zero-order valence-electron chi connectivity index (χ0n) is 12.2. The van der Waals surface area contributed by atoms with Gasteiger partial charge in [0, 0.05) is 16.3 Å². The van der Waals surface area contributed by atoms with Crippen LogP contribution in [0.1, 0.15) is 42.4 Å². The van der Waals surface area contributed by atoms with Crippen LogP contribution in [0.15, 0.2) is 12.1 Å². The van der Waals surface area contributed by atoms with Crippen molar-refractivity contribution in [2.45, 2.75) is 45.6 Å². The summed E-state index contributed by atoms with van der Waals surface area (Å²) in [5.74, 6) is 0.824. The Kier molecular flexibility index (Phi) is 4.13. The molecule has 1 aromatic heterocycles. The monoisotopic (exact) mass is 292 g/mol. The zero-order chi connectivity index (χ0) is 14.0. The fraction of sp³-hybridized carbons (Fsp3) is 0.688. The third kappa shape index (κ3) is 2.51. The fourth-order valence-corrected chi connectivity index (χ4v) is 4.64. The molecule has 1 amide bonds. The van der Waals surface area contributed by atoms with Gasteiger partial charge in [-0.25, -0.2) is 0 Å². The van der Waals surface area contributed by atoms with Gasteiger partial charge in [-0.15, -0.1) is 11.3 Å². The van der Waals surface area contributed by atoms with Gasteiger partial charge in [0.25, 0.3) is 0 Å². The van der Waals surface area contributed by atoms with E-state index in [0.29, 0.717) is 12.5 Å². The van der Waals surface area contributed by atoms with E-state index >= 15 is 0 Å². The highest BCUT2D eigenvalue weighted by Crippen LogP contribution is 2.43. The van der Waals surface area contributed by atoms with Crippen LogP contribution in [0.2, 0.25) is 0 Å². The van der Waals surface area contributed by atoms with Crippen LogP contribution in [-0.2, 0) is 17.8 Å². The van der Waals surface area contributed by atoms with E-state index < -0.39 is 0 Å². The molecule has 3 rings (SSSR count). The molecule has 1 aliphatic carbocycles. The Hall–Kier alpha value is -0.870. The molecule has 2 fully saturated rings. The average Bonchev–Trinajstić information content (AvgIpc) is 3.11. The second-order valence-corrected chi connectivity index (χ2v) is 7.39. The first-order chi connectivity index (χ1) is 9.74. The average molecular weight is 292 g/mol. The minimum absolute atomic E-state index is 0.122. The minimum Gasteiger partial charge on any atom is -0.351 e. The second kappa shape index (κ2) is 5.86. The smallest absolute Gasteiger partial charge is 0.228 e. The van der Waals surface area contributed by atoms with Gasteiger partial charge in [0.05, 0.1) is 12.0 Å². The van der Waals surface area contributed by atoms with Crippen molar-refractivity contribution >= 4 is 17.2 Å². The molecule has 2 heterocycles. The number of rotatable bonds is 4. The summed E-state index contributed by atoms with van der Waals surface area (Å²) in [6.07, 6.45) is 5.83. The van der Waals surface area contributed by atoms with Gasteiger partial charge in [-0.05, 0) is 43.9 Å². The number of aryl methyl sites for hydroxylation is 1. The van der Waals surface area contributed by atoms with Crippen molar-refractivity contribution < 1.29 is 4.79 Å². The number of hydrogen-bond acceptors (Lipinski definition) is 3. The summed E-state index contributed by atoms with van der Waals surface area (Å²) < 4.78 is 0. The van der Waals surface area contributed by atoms with Crippen LogP contribution in [0.3, 0.4) is 0 Å². The summed E-state index contributed by atoms with van der Waals surface area (Å²) in [7, 11) is 0. The molecule has 3 nitrogen and oxygen atoms in total. The molecule has 0 aromatic carbocycles. The number of nitrogens with one attached hydrogen (secondary N) is 2. The minimum atomic E-state index is -0.122. The third-order valence-electron chi connectivity index (χ3n) is 4.98. The second-order valence-electron chi connectivity index (χ2n) is 6.13. The summed E-state index contributed by atoms with van der Waals surface area (Å²) in [5.41, 5.74) is -0.122. The first-order valence-corrected chi connectivity index (χ1v) is 8.63. The van der Waals surface area contributed by atoms with Crippen LogP contribution in [-0.4, -0.2) is 19.0 Å². The Labute approximate surface area is 125 Å². The fourth-order valence-electron chi connectivity index (χ4n) is 3.74. The standard InChI is InChI=1S/C16H24N2OS/c1-2-13-6-7-14(20-13)10-18-15(19)16-8-4-3-5-12(16)9-17-11-16/h6-7,12,17H,2-5,8-11H2,1H3,(H,18,19)/t12-,16+/m0/s1. The highest BCUT2D eigenvalue weighted by atomic mass is 32.1. The molecule has 2 N–H and O–H groups in total. The van der Waals surface area contributed by atoms with E-state index in [9.17, 15) is 4.79 Å². The van der Waals surface area contributed by atoms with Crippen molar-refractivity contribution in [3.63, 3.8) is 0 Å². The molecule has 0 spiro atoms. The van der Waals surface area contributed by atoms with Crippen molar-refractivity contribution in [3.8, 4) is 0 Å². The molecule has 110 valence electrons. The number of carbonyl (C=O) groups is 1. The normalized spacial score (nSPS) is 29.1.